The van der Waals surface area contributed by atoms with Crippen molar-refractivity contribution in [3.05, 3.63) is 68.5 Å². The molecule has 0 radical (unpaired) electrons. The molecule has 1 aliphatic heterocycles. The van der Waals surface area contributed by atoms with Gasteiger partial charge in [0.25, 0.3) is 5.56 Å². The van der Waals surface area contributed by atoms with Gasteiger partial charge in [-0.15, -0.1) is 0 Å². The number of benzene rings is 1. The van der Waals surface area contributed by atoms with E-state index in [-0.39, 0.29) is 5.56 Å². The lowest BCUT2D eigenvalue weighted by Gasteiger charge is -2.19. The SMILES string of the molecule is O=C(O)CP(=O)(O)OP(=O)(O)OC[C@H]1O[C@@H](n2cc(C#Cc3ccccc3)c(=O)[nH]c2=O)[C@@H](O)C1O. The normalized spacial score (nSPS) is 24.8. The zero-order chi connectivity index (χ0) is 26.7. The van der Waals surface area contributed by atoms with Crippen LogP contribution in [0.2, 0.25) is 0 Å². The Labute approximate surface area is 201 Å². The molecule has 1 fully saturated rings. The summed E-state index contributed by atoms with van der Waals surface area (Å²) in [5.41, 5.74) is -1.44. The lowest BCUT2D eigenvalue weighted by atomic mass is 10.1. The Bertz CT molecular complexity index is 1390. The van der Waals surface area contributed by atoms with Gasteiger partial charge in [0.15, 0.2) is 6.23 Å². The van der Waals surface area contributed by atoms with E-state index in [2.05, 4.69) is 20.7 Å². The second-order valence-electron chi connectivity index (χ2n) is 7.41. The number of aromatic nitrogens is 2. The van der Waals surface area contributed by atoms with Gasteiger partial charge in [-0.1, -0.05) is 30.0 Å². The molecule has 0 spiro atoms. The number of ether oxygens (including phenoxy) is 1. The molecule has 3 unspecified atom stereocenters. The minimum absolute atomic E-state index is 0.172. The van der Waals surface area contributed by atoms with E-state index in [1.54, 1.807) is 30.3 Å². The van der Waals surface area contributed by atoms with Crippen molar-refractivity contribution < 1.29 is 52.6 Å². The summed E-state index contributed by atoms with van der Waals surface area (Å²) in [5, 5.41) is 29.1. The summed E-state index contributed by atoms with van der Waals surface area (Å²) in [5.74, 6) is 3.53. The summed E-state index contributed by atoms with van der Waals surface area (Å²) < 4.78 is 38.1. The lowest BCUT2D eigenvalue weighted by molar-refractivity contribution is -0.134. The smallest absolute Gasteiger partial charge is 0.479 e. The third-order valence-corrected chi connectivity index (χ3v) is 7.65. The Morgan fingerprint density at radius 1 is 1.11 bits per heavy atom. The van der Waals surface area contributed by atoms with Gasteiger partial charge in [-0.05, 0) is 12.1 Å². The summed E-state index contributed by atoms with van der Waals surface area (Å²) in [6.07, 6.45) is -7.20. The molecule has 36 heavy (non-hydrogen) atoms. The number of nitrogens with one attached hydrogen (secondary N) is 1. The van der Waals surface area contributed by atoms with Crippen molar-refractivity contribution in [1.29, 1.82) is 0 Å². The van der Waals surface area contributed by atoms with Gasteiger partial charge < -0.3 is 29.8 Å². The minimum atomic E-state index is -5.31. The van der Waals surface area contributed by atoms with E-state index < -0.39 is 69.9 Å². The van der Waals surface area contributed by atoms with Crippen molar-refractivity contribution in [3.63, 3.8) is 0 Å². The van der Waals surface area contributed by atoms with Crippen LogP contribution in [0.1, 0.15) is 17.4 Å². The highest BCUT2D eigenvalue weighted by Crippen LogP contribution is 2.59. The molecule has 0 amide bonds. The number of carbonyl (C=O) groups is 1. The Balaban J connectivity index is 1.76. The van der Waals surface area contributed by atoms with Gasteiger partial charge in [0.1, 0.15) is 30.0 Å². The van der Waals surface area contributed by atoms with E-state index in [0.717, 1.165) is 10.8 Å². The molecule has 0 saturated carbocycles. The Morgan fingerprint density at radius 3 is 2.42 bits per heavy atom. The highest BCUT2D eigenvalue weighted by Gasteiger charge is 2.46. The van der Waals surface area contributed by atoms with Crippen molar-refractivity contribution in [2.24, 2.45) is 0 Å². The summed E-state index contributed by atoms with van der Waals surface area (Å²) in [6.45, 7) is -0.978. The predicted octanol–water partition coefficient (Wildman–Crippen LogP) is -1.04. The number of aromatic amines is 1. The van der Waals surface area contributed by atoms with Gasteiger partial charge in [0.2, 0.25) is 0 Å². The van der Waals surface area contributed by atoms with Gasteiger partial charge in [-0.3, -0.25) is 28.2 Å². The maximum Gasteiger partial charge on any atom is 0.479 e. The third kappa shape index (κ3) is 7.08. The average molecular weight is 546 g/mol. The molecular weight excluding hydrogens is 526 g/mol. The van der Waals surface area contributed by atoms with Crippen LogP contribution in [-0.4, -0.2) is 71.7 Å². The van der Waals surface area contributed by atoms with E-state index in [4.69, 9.17) is 9.84 Å². The zero-order valence-corrected chi connectivity index (χ0v) is 19.8. The Kier molecular flexibility index (Phi) is 8.48. The molecule has 1 aliphatic rings. The van der Waals surface area contributed by atoms with Crippen LogP contribution in [0.4, 0.5) is 0 Å². The first-order valence-electron chi connectivity index (χ1n) is 9.94. The Hall–Kier alpha value is -2.89. The first-order chi connectivity index (χ1) is 16.8. The number of aliphatic carboxylic acids is 1. The topological polar surface area (TPSA) is 235 Å². The number of carboxylic acid groups (broad SMARTS) is 1. The summed E-state index contributed by atoms with van der Waals surface area (Å²) >= 11 is 0. The standard InChI is InChI=1S/C19H20N2O13P2/c22-14(23)10-35(28,29)34-36(30,31)32-9-13-15(24)16(25)18(33-13)21-8-12(17(26)20-19(21)27)7-6-11-4-2-1-3-5-11/h1-5,8,13,15-16,18,24-25H,9-10H2,(H,22,23)(H,28,29)(H,30,31)(H,20,26,27)/t13-,15?,16+,18-/m1/s1. The van der Waals surface area contributed by atoms with E-state index in [1.165, 1.54) is 0 Å². The molecule has 17 heteroatoms. The molecule has 3 rings (SSSR count). The van der Waals surface area contributed by atoms with Crippen LogP contribution in [-0.2, 0) is 27.5 Å². The van der Waals surface area contributed by atoms with E-state index in [9.17, 15) is 43.5 Å². The fraction of sp³-hybridized carbons (Fsp3) is 0.316. The number of aliphatic hydroxyl groups excluding tert-OH is 2. The third-order valence-electron chi connectivity index (χ3n) is 4.66. The van der Waals surface area contributed by atoms with Crippen LogP contribution < -0.4 is 11.2 Å². The van der Waals surface area contributed by atoms with Crippen LogP contribution in [0.5, 0.6) is 0 Å². The van der Waals surface area contributed by atoms with Crippen molar-refractivity contribution in [2.45, 2.75) is 24.5 Å². The minimum Gasteiger partial charge on any atom is -0.481 e. The number of phosphoric acid groups is 1. The molecule has 2 heterocycles. The highest BCUT2D eigenvalue weighted by atomic mass is 31.3. The van der Waals surface area contributed by atoms with E-state index in [0.29, 0.717) is 5.56 Å². The first-order valence-corrected chi connectivity index (χ1v) is 13.2. The van der Waals surface area contributed by atoms with E-state index >= 15 is 0 Å². The summed E-state index contributed by atoms with van der Waals surface area (Å²) in [6, 6.07) is 8.58. The molecule has 194 valence electrons. The van der Waals surface area contributed by atoms with Gasteiger partial charge in [-0.2, -0.15) is 0 Å². The van der Waals surface area contributed by atoms with Crippen molar-refractivity contribution in [2.75, 3.05) is 12.8 Å². The van der Waals surface area contributed by atoms with Crippen LogP contribution in [0.3, 0.4) is 0 Å². The first kappa shape index (κ1) is 27.7. The maximum absolute atomic E-state index is 12.3. The molecule has 15 nitrogen and oxygen atoms in total. The van der Waals surface area contributed by atoms with Gasteiger partial charge >= 0.3 is 27.1 Å². The van der Waals surface area contributed by atoms with Gasteiger partial charge in [0, 0.05) is 11.8 Å². The number of H-pyrrole nitrogens is 1. The molecular formula is C19H20N2O13P2. The number of carboxylic acids is 1. The molecule has 6 N–H and O–H groups in total. The number of phosphoric ester groups is 1. The molecule has 6 atom stereocenters. The molecule has 0 aliphatic carbocycles. The largest absolute Gasteiger partial charge is 0.481 e. The monoisotopic (exact) mass is 546 g/mol. The highest BCUT2D eigenvalue weighted by molar-refractivity contribution is 7.64. The summed E-state index contributed by atoms with van der Waals surface area (Å²) in [7, 11) is -10.4. The number of aliphatic hydroxyl groups is 2. The van der Waals surface area contributed by atoms with Crippen molar-refractivity contribution in [3.8, 4) is 11.8 Å². The lowest BCUT2D eigenvalue weighted by Crippen LogP contribution is -2.38. The molecule has 2 aromatic rings. The van der Waals surface area contributed by atoms with Crippen molar-refractivity contribution >= 4 is 21.4 Å². The maximum atomic E-state index is 12.3. The van der Waals surface area contributed by atoms with Crippen LogP contribution in [0.15, 0.2) is 46.1 Å². The fourth-order valence-electron chi connectivity index (χ4n) is 3.07. The van der Waals surface area contributed by atoms with Gasteiger partial charge in [0.05, 0.1) is 6.61 Å². The predicted molar refractivity (Wildman–Crippen MR) is 119 cm³/mol. The summed E-state index contributed by atoms with van der Waals surface area (Å²) in [4.78, 5) is 55.9. The zero-order valence-electron chi connectivity index (χ0n) is 18.0. The molecule has 1 saturated heterocycles. The van der Waals surface area contributed by atoms with Crippen LogP contribution in [0.25, 0.3) is 0 Å². The van der Waals surface area contributed by atoms with Crippen LogP contribution >= 0.6 is 15.4 Å². The number of hydrogen-bond acceptors (Lipinski definition) is 10. The Morgan fingerprint density at radius 2 is 1.78 bits per heavy atom. The van der Waals surface area contributed by atoms with Gasteiger partial charge in [-0.25, -0.2) is 13.7 Å². The second-order valence-corrected chi connectivity index (χ2v) is 10.8. The number of rotatable bonds is 8. The fourth-order valence-corrected chi connectivity index (χ4v) is 5.46. The van der Waals surface area contributed by atoms with Crippen molar-refractivity contribution in [1.82, 2.24) is 9.55 Å². The van der Waals surface area contributed by atoms with Crippen LogP contribution in [0, 0.1) is 11.8 Å². The number of nitrogens with zero attached hydrogens (tertiary/aromatic N) is 1. The van der Waals surface area contributed by atoms with E-state index in [1.807, 2.05) is 4.98 Å². The quantitative estimate of drug-likeness (QED) is 0.172. The molecule has 1 aromatic carbocycles. The average Bonchev–Trinajstić information content (AvgIpc) is 3.05. The molecule has 0 bridgehead atoms. The second kappa shape index (κ2) is 11.0. The molecule has 1 aromatic heterocycles. The number of hydrogen-bond donors (Lipinski definition) is 6.